The number of nitrogens with one attached hydrogen (secondary N) is 1. The van der Waals surface area contributed by atoms with Crippen molar-refractivity contribution in [1.82, 2.24) is 14.8 Å². The molecule has 3 rings (SSSR count). The van der Waals surface area contributed by atoms with Crippen molar-refractivity contribution in [2.24, 2.45) is 0 Å². The summed E-state index contributed by atoms with van der Waals surface area (Å²) in [6.07, 6.45) is 2.95. The number of pyridine rings is 1. The van der Waals surface area contributed by atoms with Gasteiger partial charge in [-0.2, -0.15) is 5.10 Å². The standard InChI is InChI=1S/C17H17N5O2/c1-11-4-5-12(2)16(8-11)21-13(3)15(10-19-21)20-17-7-6-14(9-18-17)22(23)24/h4-10H,1-3H3,(H,18,20). The van der Waals surface area contributed by atoms with Gasteiger partial charge >= 0.3 is 0 Å². The van der Waals surface area contributed by atoms with Crippen LogP contribution in [0.2, 0.25) is 0 Å². The number of aromatic nitrogens is 3. The molecule has 0 saturated heterocycles. The zero-order valence-corrected chi connectivity index (χ0v) is 13.6. The summed E-state index contributed by atoms with van der Waals surface area (Å²) in [7, 11) is 0. The van der Waals surface area contributed by atoms with Crippen molar-refractivity contribution < 1.29 is 4.92 Å². The molecular weight excluding hydrogens is 306 g/mol. The Morgan fingerprint density at radius 2 is 1.92 bits per heavy atom. The molecule has 3 aromatic rings. The Bertz CT molecular complexity index is 900. The van der Waals surface area contributed by atoms with E-state index in [1.54, 1.807) is 12.3 Å². The average molecular weight is 323 g/mol. The highest BCUT2D eigenvalue weighted by Gasteiger charge is 2.12. The normalized spacial score (nSPS) is 10.6. The minimum absolute atomic E-state index is 0.0386. The van der Waals surface area contributed by atoms with Crippen LogP contribution in [0.5, 0.6) is 0 Å². The number of rotatable bonds is 4. The lowest BCUT2D eigenvalue weighted by Gasteiger charge is -2.10. The van der Waals surface area contributed by atoms with Gasteiger partial charge in [-0.3, -0.25) is 10.1 Å². The van der Waals surface area contributed by atoms with Crippen molar-refractivity contribution in [3.05, 3.63) is 69.7 Å². The highest BCUT2D eigenvalue weighted by molar-refractivity contribution is 5.60. The van der Waals surface area contributed by atoms with Gasteiger partial charge in [0.2, 0.25) is 0 Å². The van der Waals surface area contributed by atoms with Crippen LogP contribution in [-0.4, -0.2) is 19.7 Å². The molecule has 0 aliphatic rings. The number of nitro groups is 1. The first-order chi connectivity index (χ1) is 11.5. The van der Waals surface area contributed by atoms with Crippen molar-refractivity contribution in [2.75, 3.05) is 5.32 Å². The van der Waals surface area contributed by atoms with E-state index in [1.807, 2.05) is 25.5 Å². The topological polar surface area (TPSA) is 85.9 Å². The second-order valence-corrected chi connectivity index (χ2v) is 5.63. The molecule has 0 bridgehead atoms. The molecule has 7 heteroatoms. The SMILES string of the molecule is Cc1ccc(C)c(-n2ncc(Nc3ccc([N+](=O)[O-])cn3)c2C)c1. The molecule has 1 aromatic carbocycles. The van der Waals surface area contributed by atoms with Crippen LogP contribution in [0.4, 0.5) is 17.2 Å². The monoisotopic (exact) mass is 323 g/mol. The minimum atomic E-state index is -0.472. The summed E-state index contributed by atoms with van der Waals surface area (Å²) >= 11 is 0. The molecule has 2 aromatic heterocycles. The highest BCUT2D eigenvalue weighted by atomic mass is 16.6. The smallest absolute Gasteiger partial charge is 0.287 e. The van der Waals surface area contributed by atoms with Crippen LogP contribution >= 0.6 is 0 Å². The van der Waals surface area contributed by atoms with Gasteiger partial charge in [0.15, 0.2) is 0 Å². The maximum Gasteiger partial charge on any atom is 0.287 e. The van der Waals surface area contributed by atoms with Gasteiger partial charge in [0.05, 0.1) is 28.2 Å². The molecule has 0 unspecified atom stereocenters. The number of anilines is 2. The van der Waals surface area contributed by atoms with E-state index in [-0.39, 0.29) is 5.69 Å². The quantitative estimate of drug-likeness (QED) is 0.582. The molecule has 0 aliphatic carbocycles. The number of hydrogen-bond donors (Lipinski definition) is 1. The molecule has 0 radical (unpaired) electrons. The third kappa shape index (κ3) is 2.96. The van der Waals surface area contributed by atoms with Crippen molar-refractivity contribution in [2.45, 2.75) is 20.8 Å². The largest absolute Gasteiger partial charge is 0.337 e. The zero-order valence-electron chi connectivity index (χ0n) is 13.6. The van der Waals surface area contributed by atoms with Gasteiger partial charge in [0, 0.05) is 6.07 Å². The fraction of sp³-hybridized carbons (Fsp3) is 0.176. The fourth-order valence-corrected chi connectivity index (χ4v) is 2.43. The minimum Gasteiger partial charge on any atom is -0.337 e. The van der Waals surface area contributed by atoms with Crippen LogP contribution in [0.3, 0.4) is 0 Å². The molecule has 0 amide bonds. The Morgan fingerprint density at radius 3 is 2.58 bits per heavy atom. The van der Waals surface area contributed by atoms with Crippen molar-refractivity contribution in [3.8, 4) is 5.69 Å². The lowest BCUT2D eigenvalue weighted by atomic mass is 10.1. The first-order valence-electron chi connectivity index (χ1n) is 7.45. The zero-order chi connectivity index (χ0) is 17.3. The number of nitrogens with zero attached hydrogens (tertiary/aromatic N) is 4. The Hall–Kier alpha value is -3.22. The second kappa shape index (κ2) is 6.11. The second-order valence-electron chi connectivity index (χ2n) is 5.63. The number of hydrogen-bond acceptors (Lipinski definition) is 5. The molecule has 0 aliphatic heterocycles. The van der Waals surface area contributed by atoms with E-state index in [1.165, 1.54) is 12.3 Å². The third-order valence-electron chi connectivity index (χ3n) is 3.82. The van der Waals surface area contributed by atoms with E-state index >= 15 is 0 Å². The molecule has 122 valence electrons. The fourth-order valence-electron chi connectivity index (χ4n) is 2.43. The molecule has 0 fully saturated rings. The van der Waals surface area contributed by atoms with Gasteiger partial charge < -0.3 is 5.32 Å². The van der Waals surface area contributed by atoms with Crippen molar-refractivity contribution in [3.63, 3.8) is 0 Å². The van der Waals surface area contributed by atoms with Gasteiger partial charge in [-0.25, -0.2) is 9.67 Å². The summed E-state index contributed by atoms with van der Waals surface area (Å²) in [5, 5.41) is 18.3. The molecule has 0 saturated carbocycles. The van der Waals surface area contributed by atoms with Gasteiger partial charge in [0.1, 0.15) is 12.0 Å². The molecule has 7 nitrogen and oxygen atoms in total. The summed E-state index contributed by atoms with van der Waals surface area (Å²) < 4.78 is 1.87. The lowest BCUT2D eigenvalue weighted by Crippen LogP contribution is -2.02. The predicted molar refractivity (Wildman–Crippen MR) is 91.9 cm³/mol. The van der Waals surface area contributed by atoms with Crippen molar-refractivity contribution >= 4 is 17.2 Å². The Kier molecular flexibility index (Phi) is 3.99. The van der Waals surface area contributed by atoms with Crippen molar-refractivity contribution in [1.29, 1.82) is 0 Å². The lowest BCUT2D eigenvalue weighted by molar-refractivity contribution is -0.385. The van der Waals surface area contributed by atoms with E-state index in [9.17, 15) is 10.1 Å². The van der Waals surface area contributed by atoms with Crippen LogP contribution in [0.1, 0.15) is 16.8 Å². The van der Waals surface area contributed by atoms with Crippen LogP contribution in [-0.2, 0) is 0 Å². The van der Waals surface area contributed by atoms with E-state index in [0.717, 1.165) is 28.2 Å². The molecule has 0 atom stereocenters. The maximum absolute atomic E-state index is 10.7. The Morgan fingerprint density at radius 1 is 1.12 bits per heavy atom. The summed E-state index contributed by atoms with van der Waals surface area (Å²) in [5.41, 5.74) is 5.02. The van der Waals surface area contributed by atoms with E-state index in [0.29, 0.717) is 5.82 Å². The Labute approximate surface area is 139 Å². The average Bonchev–Trinajstić information content (AvgIpc) is 2.91. The summed E-state index contributed by atoms with van der Waals surface area (Å²) in [4.78, 5) is 14.3. The predicted octanol–water partition coefficient (Wildman–Crippen LogP) is 3.84. The first-order valence-corrected chi connectivity index (χ1v) is 7.45. The van der Waals surface area contributed by atoms with E-state index in [2.05, 4.69) is 33.6 Å². The van der Waals surface area contributed by atoms with Crippen LogP contribution in [0.25, 0.3) is 5.69 Å². The van der Waals surface area contributed by atoms with Gasteiger partial charge in [-0.15, -0.1) is 0 Å². The van der Waals surface area contributed by atoms with Crippen LogP contribution < -0.4 is 5.32 Å². The van der Waals surface area contributed by atoms with Gasteiger partial charge in [0.25, 0.3) is 5.69 Å². The van der Waals surface area contributed by atoms with E-state index < -0.39 is 4.92 Å². The summed E-state index contributed by atoms with van der Waals surface area (Å²) in [6, 6.07) is 9.21. The number of benzene rings is 1. The maximum atomic E-state index is 10.7. The summed E-state index contributed by atoms with van der Waals surface area (Å²) in [5.74, 6) is 0.532. The van der Waals surface area contributed by atoms with Crippen LogP contribution in [0, 0.1) is 30.9 Å². The molecule has 24 heavy (non-hydrogen) atoms. The van der Waals surface area contributed by atoms with Gasteiger partial charge in [-0.1, -0.05) is 12.1 Å². The molecule has 0 spiro atoms. The van der Waals surface area contributed by atoms with Gasteiger partial charge in [-0.05, 0) is 44.0 Å². The molecular formula is C17H17N5O2. The third-order valence-corrected chi connectivity index (χ3v) is 3.82. The Balaban J connectivity index is 1.90. The summed E-state index contributed by atoms with van der Waals surface area (Å²) in [6.45, 7) is 6.05. The number of aryl methyl sites for hydroxylation is 2. The van der Waals surface area contributed by atoms with E-state index in [4.69, 9.17) is 0 Å². The molecule has 1 N–H and O–H groups in total. The highest BCUT2D eigenvalue weighted by Crippen LogP contribution is 2.24. The first kappa shape index (κ1) is 15.7. The molecule has 2 heterocycles. The van der Waals surface area contributed by atoms with Crippen LogP contribution in [0.15, 0.2) is 42.7 Å².